The molecule has 0 aromatic heterocycles. The zero-order valence-electron chi connectivity index (χ0n) is 21.5. The summed E-state index contributed by atoms with van der Waals surface area (Å²) in [6.45, 7) is 2.44. The van der Waals surface area contributed by atoms with E-state index in [0.717, 1.165) is 19.4 Å². The summed E-state index contributed by atoms with van der Waals surface area (Å²) in [7, 11) is 0. The highest BCUT2D eigenvalue weighted by molar-refractivity contribution is 5.72. The second kappa shape index (κ2) is 16.7. The summed E-state index contributed by atoms with van der Waals surface area (Å²) < 4.78 is 0. The fourth-order valence-electron chi connectivity index (χ4n) is 4.08. The van der Waals surface area contributed by atoms with Gasteiger partial charge in [-0.05, 0) is 43.0 Å². The standard InChI is InChI=1S/C24H27N.C6H12O7/c1-20(19-21-11-5-2-6-12-21)25-18-17-24(22-13-7-3-8-14-22)23-15-9-4-10-16-23;7-1-2(8)3(9)4(10)5(11)6(12)13/h2-16,20,24-25H,17-19H2,1H3;2-5,7-11H,1H2,(H,12,13)/t;2-,3-,4+,5-/m.1/s1. The molecule has 0 aliphatic carbocycles. The topological polar surface area (TPSA) is 150 Å². The largest absolute Gasteiger partial charge is 0.479 e. The van der Waals surface area contributed by atoms with E-state index >= 15 is 0 Å². The van der Waals surface area contributed by atoms with Crippen LogP contribution in [0, 0.1) is 0 Å². The van der Waals surface area contributed by atoms with Gasteiger partial charge in [0, 0.05) is 12.0 Å². The normalized spacial score (nSPS) is 15.0. The van der Waals surface area contributed by atoms with Gasteiger partial charge in [0.05, 0.1) is 6.61 Å². The van der Waals surface area contributed by atoms with Crippen LogP contribution in [0.15, 0.2) is 91.0 Å². The molecule has 8 nitrogen and oxygen atoms in total. The van der Waals surface area contributed by atoms with Gasteiger partial charge in [-0.25, -0.2) is 4.79 Å². The minimum absolute atomic E-state index is 0.443. The molecular weight excluding hydrogens is 486 g/mol. The van der Waals surface area contributed by atoms with E-state index in [4.69, 9.17) is 30.6 Å². The third-order valence-electron chi connectivity index (χ3n) is 6.22. The van der Waals surface area contributed by atoms with Gasteiger partial charge in [0.25, 0.3) is 0 Å². The van der Waals surface area contributed by atoms with Crippen LogP contribution in [-0.2, 0) is 11.2 Å². The Morgan fingerprint density at radius 2 is 1.24 bits per heavy atom. The predicted octanol–water partition coefficient (Wildman–Crippen LogP) is 1.94. The van der Waals surface area contributed by atoms with Crippen LogP contribution in [-0.4, -0.2) is 80.2 Å². The molecule has 3 aromatic rings. The number of hydrogen-bond donors (Lipinski definition) is 7. The van der Waals surface area contributed by atoms with Crippen LogP contribution in [0.4, 0.5) is 0 Å². The lowest BCUT2D eigenvalue weighted by Gasteiger charge is -2.23. The van der Waals surface area contributed by atoms with Crippen molar-refractivity contribution in [2.45, 2.75) is 56.1 Å². The Balaban J connectivity index is 0.000000332. The zero-order chi connectivity index (χ0) is 27.9. The number of rotatable bonds is 13. The molecule has 0 aliphatic heterocycles. The second-order valence-corrected chi connectivity index (χ2v) is 9.22. The van der Waals surface area contributed by atoms with Crippen molar-refractivity contribution in [1.29, 1.82) is 0 Å². The van der Waals surface area contributed by atoms with Crippen LogP contribution in [0.2, 0.25) is 0 Å². The molecule has 7 N–H and O–H groups in total. The maximum atomic E-state index is 10.1. The Hall–Kier alpha value is -3.11. The molecule has 8 heteroatoms. The number of benzene rings is 3. The van der Waals surface area contributed by atoms with Crippen molar-refractivity contribution < 1.29 is 35.4 Å². The van der Waals surface area contributed by atoms with Gasteiger partial charge in [-0.15, -0.1) is 0 Å². The van der Waals surface area contributed by atoms with Crippen molar-refractivity contribution >= 4 is 5.97 Å². The number of carboxylic acids is 1. The number of aliphatic carboxylic acids is 1. The molecule has 5 atom stereocenters. The lowest BCUT2D eigenvalue weighted by Crippen LogP contribution is -2.48. The molecule has 206 valence electrons. The highest BCUT2D eigenvalue weighted by Gasteiger charge is 2.33. The Morgan fingerprint density at radius 1 is 0.763 bits per heavy atom. The van der Waals surface area contributed by atoms with Crippen LogP contribution in [0.25, 0.3) is 0 Å². The van der Waals surface area contributed by atoms with Gasteiger partial charge >= 0.3 is 5.97 Å². The van der Waals surface area contributed by atoms with Crippen LogP contribution in [0.1, 0.15) is 36.0 Å². The molecule has 1 unspecified atom stereocenters. The summed E-state index contributed by atoms with van der Waals surface area (Å²) in [6, 6.07) is 32.9. The first kappa shape index (κ1) is 31.1. The van der Waals surface area contributed by atoms with E-state index in [-0.39, 0.29) is 0 Å². The number of carboxylic acid groups (broad SMARTS) is 1. The van der Waals surface area contributed by atoms with Gasteiger partial charge < -0.3 is 36.0 Å². The molecule has 0 saturated heterocycles. The highest BCUT2D eigenvalue weighted by Crippen LogP contribution is 2.27. The monoisotopic (exact) mass is 525 g/mol. The summed E-state index contributed by atoms with van der Waals surface area (Å²) in [5, 5.41) is 55.5. The number of carbonyl (C=O) groups is 1. The molecule has 0 spiro atoms. The number of aliphatic hydroxyl groups excluding tert-OH is 5. The predicted molar refractivity (Wildman–Crippen MR) is 146 cm³/mol. The average Bonchev–Trinajstić information content (AvgIpc) is 2.95. The van der Waals surface area contributed by atoms with E-state index in [0.29, 0.717) is 12.0 Å². The summed E-state index contributed by atoms with van der Waals surface area (Å²) in [5.41, 5.74) is 4.18. The van der Waals surface area contributed by atoms with E-state index in [9.17, 15) is 4.79 Å². The van der Waals surface area contributed by atoms with Crippen molar-refractivity contribution in [1.82, 2.24) is 5.32 Å². The lowest BCUT2D eigenvalue weighted by atomic mass is 9.88. The van der Waals surface area contributed by atoms with E-state index < -0.39 is 37.0 Å². The van der Waals surface area contributed by atoms with Crippen LogP contribution < -0.4 is 5.32 Å². The molecule has 3 rings (SSSR count). The fraction of sp³-hybridized carbons (Fsp3) is 0.367. The van der Waals surface area contributed by atoms with Crippen molar-refractivity contribution in [3.63, 3.8) is 0 Å². The summed E-state index contributed by atoms with van der Waals surface area (Å²) in [4.78, 5) is 10.1. The molecule has 0 aliphatic rings. The van der Waals surface area contributed by atoms with Gasteiger partial charge in [-0.1, -0.05) is 91.0 Å². The third-order valence-corrected chi connectivity index (χ3v) is 6.22. The first-order chi connectivity index (χ1) is 18.2. The Labute approximate surface area is 223 Å². The van der Waals surface area contributed by atoms with E-state index in [2.05, 4.69) is 103 Å². The average molecular weight is 526 g/mol. The van der Waals surface area contributed by atoms with Gasteiger partial charge in [0.1, 0.15) is 18.3 Å². The molecule has 38 heavy (non-hydrogen) atoms. The third kappa shape index (κ3) is 10.3. The van der Waals surface area contributed by atoms with Crippen molar-refractivity contribution in [3.05, 3.63) is 108 Å². The Morgan fingerprint density at radius 3 is 1.68 bits per heavy atom. The Bertz CT molecular complexity index is 997. The van der Waals surface area contributed by atoms with Gasteiger partial charge in [0.2, 0.25) is 0 Å². The van der Waals surface area contributed by atoms with Crippen molar-refractivity contribution in [3.8, 4) is 0 Å². The van der Waals surface area contributed by atoms with Gasteiger partial charge in [-0.2, -0.15) is 0 Å². The molecular formula is C30H39NO7. The maximum Gasteiger partial charge on any atom is 0.335 e. The van der Waals surface area contributed by atoms with E-state index in [1.165, 1.54) is 16.7 Å². The molecule has 0 saturated carbocycles. The van der Waals surface area contributed by atoms with Crippen molar-refractivity contribution in [2.24, 2.45) is 0 Å². The molecule has 0 amide bonds. The van der Waals surface area contributed by atoms with Gasteiger partial charge in [0.15, 0.2) is 6.10 Å². The fourth-order valence-corrected chi connectivity index (χ4v) is 4.08. The first-order valence-electron chi connectivity index (χ1n) is 12.7. The number of nitrogens with one attached hydrogen (secondary N) is 1. The van der Waals surface area contributed by atoms with Crippen LogP contribution in [0.3, 0.4) is 0 Å². The minimum atomic E-state index is -2.20. The minimum Gasteiger partial charge on any atom is -0.479 e. The van der Waals surface area contributed by atoms with E-state index in [1.807, 2.05) is 0 Å². The molecule has 3 aromatic carbocycles. The van der Waals surface area contributed by atoms with Crippen LogP contribution >= 0.6 is 0 Å². The Kier molecular flexibility index (Phi) is 13.7. The SMILES string of the molecule is CC(Cc1ccccc1)NCCC(c1ccccc1)c1ccccc1.O=C(O)[C@H](O)[C@@H](O)[C@H](O)[C@H](O)CO. The second-order valence-electron chi connectivity index (χ2n) is 9.22. The van der Waals surface area contributed by atoms with E-state index in [1.54, 1.807) is 0 Å². The highest BCUT2D eigenvalue weighted by atomic mass is 16.4. The zero-order valence-corrected chi connectivity index (χ0v) is 21.5. The molecule has 0 bridgehead atoms. The van der Waals surface area contributed by atoms with Gasteiger partial charge in [-0.3, -0.25) is 0 Å². The molecule has 0 fully saturated rings. The number of hydrogen-bond acceptors (Lipinski definition) is 7. The quantitative estimate of drug-likeness (QED) is 0.179. The molecule has 0 radical (unpaired) electrons. The lowest BCUT2D eigenvalue weighted by molar-refractivity contribution is -0.164. The summed E-state index contributed by atoms with van der Waals surface area (Å²) in [6.07, 6.45) is -5.66. The smallest absolute Gasteiger partial charge is 0.335 e. The van der Waals surface area contributed by atoms with Crippen molar-refractivity contribution in [2.75, 3.05) is 13.2 Å². The maximum absolute atomic E-state index is 10.1. The van der Waals surface area contributed by atoms with Crippen LogP contribution in [0.5, 0.6) is 0 Å². The molecule has 0 heterocycles. The number of aliphatic hydroxyl groups is 5. The summed E-state index contributed by atoms with van der Waals surface area (Å²) in [5.74, 6) is -1.28. The summed E-state index contributed by atoms with van der Waals surface area (Å²) >= 11 is 0. The first-order valence-corrected chi connectivity index (χ1v) is 12.7.